The van der Waals surface area contributed by atoms with E-state index in [1.165, 1.54) is 24.3 Å². The van der Waals surface area contributed by atoms with Crippen molar-refractivity contribution in [2.45, 2.75) is 19.9 Å². The van der Waals surface area contributed by atoms with E-state index in [0.29, 0.717) is 17.8 Å². The molecule has 2 aromatic carbocycles. The third-order valence-electron chi connectivity index (χ3n) is 4.86. The highest BCUT2D eigenvalue weighted by Gasteiger charge is 2.13. The fraction of sp³-hybridized carbons (Fsp3) is 0.227. The number of carbonyl (C=O) groups excluding carboxylic acids is 1. The fourth-order valence-corrected chi connectivity index (χ4v) is 3.37. The van der Waals surface area contributed by atoms with Gasteiger partial charge in [0.25, 0.3) is 5.91 Å². The number of anilines is 1. The highest BCUT2D eigenvalue weighted by Crippen LogP contribution is 2.28. The highest BCUT2D eigenvalue weighted by atomic mass is 19.1. The van der Waals surface area contributed by atoms with Gasteiger partial charge in [0.15, 0.2) is 0 Å². The Kier molecular flexibility index (Phi) is 5.58. The zero-order valence-corrected chi connectivity index (χ0v) is 16.8. The first-order valence-electron chi connectivity index (χ1n) is 9.64. The minimum atomic E-state index is -0.376. The van der Waals surface area contributed by atoms with Gasteiger partial charge in [-0.05, 0) is 62.4 Å². The SMILES string of the molecule is Cc1oc2ccc(NC(=O)c3ccc(F)cc3)cc2c1CCNCc1cn(C)nn1. The quantitative estimate of drug-likeness (QED) is 0.457. The monoisotopic (exact) mass is 407 g/mol. The van der Waals surface area contributed by atoms with E-state index in [1.807, 2.05) is 32.3 Å². The number of benzene rings is 2. The molecule has 154 valence electrons. The largest absolute Gasteiger partial charge is 0.461 e. The Hall–Kier alpha value is -3.52. The summed E-state index contributed by atoms with van der Waals surface area (Å²) in [6.45, 7) is 3.33. The van der Waals surface area contributed by atoms with E-state index in [4.69, 9.17) is 4.42 Å². The summed E-state index contributed by atoms with van der Waals surface area (Å²) in [6, 6.07) is 11.0. The summed E-state index contributed by atoms with van der Waals surface area (Å²) in [4.78, 5) is 12.4. The van der Waals surface area contributed by atoms with E-state index in [-0.39, 0.29) is 11.7 Å². The molecule has 1 amide bonds. The molecular weight excluding hydrogens is 385 g/mol. The number of nitrogens with one attached hydrogen (secondary N) is 2. The van der Waals surface area contributed by atoms with Gasteiger partial charge >= 0.3 is 0 Å². The molecule has 8 heteroatoms. The maximum atomic E-state index is 13.1. The molecule has 0 saturated heterocycles. The summed E-state index contributed by atoms with van der Waals surface area (Å²) in [5.41, 5.74) is 3.81. The van der Waals surface area contributed by atoms with Gasteiger partial charge in [-0.15, -0.1) is 5.10 Å². The molecule has 0 aliphatic carbocycles. The smallest absolute Gasteiger partial charge is 0.255 e. The summed E-state index contributed by atoms with van der Waals surface area (Å²) in [5, 5.41) is 15.2. The number of hydrogen-bond donors (Lipinski definition) is 2. The van der Waals surface area contributed by atoms with Crippen molar-refractivity contribution < 1.29 is 13.6 Å². The van der Waals surface area contributed by atoms with E-state index in [2.05, 4.69) is 20.9 Å². The van der Waals surface area contributed by atoms with Crippen molar-refractivity contribution in [3.8, 4) is 0 Å². The lowest BCUT2D eigenvalue weighted by molar-refractivity contribution is 0.102. The van der Waals surface area contributed by atoms with Crippen molar-refractivity contribution in [3.63, 3.8) is 0 Å². The van der Waals surface area contributed by atoms with E-state index in [1.54, 1.807) is 10.7 Å². The third-order valence-corrected chi connectivity index (χ3v) is 4.86. The molecule has 7 nitrogen and oxygen atoms in total. The molecule has 0 atom stereocenters. The molecule has 0 aliphatic heterocycles. The Labute approximate surface area is 172 Å². The highest BCUT2D eigenvalue weighted by molar-refractivity contribution is 6.05. The first-order chi connectivity index (χ1) is 14.5. The number of furan rings is 1. The molecule has 30 heavy (non-hydrogen) atoms. The average Bonchev–Trinajstić information content (AvgIpc) is 3.28. The molecule has 0 radical (unpaired) electrons. The zero-order chi connectivity index (χ0) is 21.1. The van der Waals surface area contributed by atoms with Gasteiger partial charge in [0.1, 0.15) is 17.2 Å². The number of aromatic nitrogens is 3. The topological polar surface area (TPSA) is 85.0 Å². The van der Waals surface area contributed by atoms with Gasteiger partial charge in [-0.25, -0.2) is 4.39 Å². The summed E-state index contributed by atoms with van der Waals surface area (Å²) in [6.07, 6.45) is 2.65. The number of fused-ring (bicyclic) bond motifs is 1. The van der Waals surface area contributed by atoms with Gasteiger partial charge in [-0.3, -0.25) is 9.48 Å². The van der Waals surface area contributed by atoms with Gasteiger partial charge in [0.2, 0.25) is 0 Å². The van der Waals surface area contributed by atoms with Crippen molar-refractivity contribution in [3.05, 3.63) is 77.1 Å². The molecule has 0 fully saturated rings. The van der Waals surface area contributed by atoms with Crippen LogP contribution in [-0.2, 0) is 20.0 Å². The van der Waals surface area contributed by atoms with Gasteiger partial charge < -0.3 is 15.1 Å². The molecule has 0 unspecified atom stereocenters. The fourth-order valence-electron chi connectivity index (χ4n) is 3.37. The lowest BCUT2D eigenvalue weighted by Crippen LogP contribution is -2.17. The Balaban J connectivity index is 1.45. The van der Waals surface area contributed by atoms with Crippen LogP contribution in [0, 0.1) is 12.7 Å². The van der Waals surface area contributed by atoms with Crippen LogP contribution in [0.1, 0.15) is 27.4 Å². The number of aryl methyl sites for hydroxylation is 2. The van der Waals surface area contributed by atoms with Gasteiger partial charge in [-0.2, -0.15) is 0 Å². The van der Waals surface area contributed by atoms with Crippen LogP contribution in [0.25, 0.3) is 11.0 Å². The Morgan fingerprint density at radius 1 is 1.20 bits per heavy atom. The first kappa shape index (κ1) is 19.8. The normalized spacial score (nSPS) is 11.2. The van der Waals surface area contributed by atoms with Crippen molar-refractivity contribution >= 4 is 22.6 Å². The number of rotatable bonds is 7. The predicted octanol–water partition coefficient (Wildman–Crippen LogP) is 3.59. The van der Waals surface area contributed by atoms with Gasteiger partial charge in [0, 0.05) is 42.0 Å². The predicted molar refractivity (Wildman–Crippen MR) is 112 cm³/mol. The molecule has 2 N–H and O–H groups in total. The summed E-state index contributed by atoms with van der Waals surface area (Å²) < 4.78 is 20.6. The van der Waals surface area contributed by atoms with Crippen LogP contribution in [0.3, 0.4) is 0 Å². The van der Waals surface area contributed by atoms with Crippen LogP contribution in [0.15, 0.2) is 53.1 Å². The molecule has 2 aromatic heterocycles. The number of hydrogen-bond acceptors (Lipinski definition) is 5. The van der Waals surface area contributed by atoms with Crippen molar-refractivity contribution in [2.75, 3.05) is 11.9 Å². The van der Waals surface area contributed by atoms with Gasteiger partial charge in [0.05, 0.1) is 5.69 Å². The number of nitrogens with zero attached hydrogens (tertiary/aromatic N) is 3. The third kappa shape index (κ3) is 4.38. The Morgan fingerprint density at radius 3 is 2.73 bits per heavy atom. The molecule has 0 bridgehead atoms. The Morgan fingerprint density at radius 2 is 2.00 bits per heavy atom. The van der Waals surface area contributed by atoms with Crippen LogP contribution in [0.4, 0.5) is 10.1 Å². The van der Waals surface area contributed by atoms with E-state index >= 15 is 0 Å². The van der Waals surface area contributed by atoms with Crippen LogP contribution in [0.5, 0.6) is 0 Å². The molecule has 0 spiro atoms. The van der Waals surface area contributed by atoms with E-state index in [9.17, 15) is 9.18 Å². The maximum Gasteiger partial charge on any atom is 0.255 e. The second-order valence-electron chi connectivity index (χ2n) is 7.12. The van der Waals surface area contributed by atoms with Gasteiger partial charge in [-0.1, -0.05) is 5.21 Å². The Bertz CT molecular complexity index is 1180. The van der Waals surface area contributed by atoms with E-state index in [0.717, 1.165) is 41.0 Å². The summed E-state index contributed by atoms with van der Waals surface area (Å²) in [7, 11) is 1.84. The minimum Gasteiger partial charge on any atom is -0.461 e. The van der Waals surface area contributed by atoms with Crippen molar-refractivity contribution in [1.29, 1.82) is 0 Å². The molecular formula is C22H22FN5O2. The number of carbonyl (C=O) groups is 1. The molecule has 4 rings (SSSR count). The second kappa shape index (κ2) is 8.46. The minimum absolute atomic E-state index is 0.290. The maximum absolute atomic E-state index is 13.1. The zero-order valence-electron chi connectivity index (χ0n) is 16.8. The molecule has 0 aliphatic rings. The standard InChI is InChI=1S/C22H22FN5O2/c1-14-19(9-10-24-12-18-13-28(2)27-26-18)20-11-17(7-8-21(20)30-14)25-22(29)15-3-5-16(23)6-4-15/h3-8,11,13,24H,9-10,12H2,1-2H3,(H,25,29). The van der Waals surface area contributed by atoms with Crippen LogP contribution in [0.2, 0.25) is 0 Å². The molecule has 2 heterocycles. The lowest BCUT2D eigenvalue weighted by Gasteiger charge is -2.06. The van der Waals surface area contributed by atoms with Crippen molar-refractivity contribution in [1.82, 2.24) is 20.3 Å². The first-order valence-corrected chi connectivity index (χ1v) is 9.64. The summed E-state index contributed by atoms with van der Waals surface area (Å²) >= 11 is 0. The molecule has 0 saturated carbocycles. The number of amides is 1. The average molecular weight is 407 g/mol. The number of halogens is 1. The second-order valence-corrected chi connectivity index (χ2v) is 7.12. The van der Waals surface area contributed by atoms with Crippen molar-refractivity contribution in [2.24, 2.45) is 7.05 Å². The van der Waals surface area contributed by atoms with Crippen LogP contribution >= 0.6 is 0 Å². The van der Waals surface area contributed by atoms with E-state index < -0.39 is 0 Å². The summed E-state index contributed by atoms with van der Waals surface area (Å²) in [5.74, 6) is 0.189. The van der Waals surface area contributed by atoms with Crippen LogP contribution in [-0.4, -0.2) is 27.4 Å². The van der Waals surface area contributed by atoms with Crippen LogP contribution < -0.4 is 10.6 Å². The lowest BCUT2D eigenvalue weighted by atomic mass is 10.1. The molecule has 4 aromatic rings.